The summed E-state index contributed by atoms with van der Waals surface area (Å²) in [6.07, 6.45) is 8.22. The molecular formula is C16H21Cl2NOPrZr-2. The fourth-order valence-corrected chi connectivity index (χ4v) is 3.10. The number of aromatic hydroxyl groups is 1. The number of aryl methyl sites for hydroxylation is 1. The number of phenolic OH excluding ortho intramolecular Hbond substituents is 1. The monoisotopic (exact) mass is 544 g/mol. The largest absolute Gasteiger partial charge is 0 e. The van der Waals surface area contributed by atoms with E-state index < -0.39 is 20.8 Å². The molecule has 1 radical (unpaired) electrons. The number of halogens is 2. The van der Waals surface area contributed by atoms with Crippen LogP contribution in [0.4, 0.5) is 0 Å². The molecule has 2 nitrogen and oxygen atoms in total. The third-order valence-electron chi connectivity index (χ3n) is 4.12. The Morgan fingerprint density at radius 3 is 2.59 bits per heavy atom. The summed E-state index contributed by atoms with van der Waals surface area (Å²) in [5, 5.41) is 9.90. The fraction of sp³-hybridized carbons (Fsp3) is 0.438. The van der Waals surface area contributed by atoms with Crippen molar-refractivity contribution < 1.29 is 67.2 Å². The first-order valence-electron chi connectivity index (χ1n) is 6.78. The minimum absolute atomic E-state index is 0. The van der Waals surface area contributed by atoms with E-state index in [0.29, 0.717) is 11.8 Å². The van der Waals surface area contributed by atoms with E-state index in [1.54, 1.807) is 0 Å². The first-order valence-corrected chi connectivity index (χ1v) is 13.1. The SMILES string of the molecule is Cc1cccc(C=NC2[CH-]C3CCC2C3)c1O.[CH3-].[Cl][Zr][Cl].[Pr]. The standard InChI is InChI=1S/C15H18NO.CH3.2ClH.Pr.Zr/c1-10-3-2-4-13(15(10)17)9-16-14-8-11-5-6-12(14)7-11;;;;;/h2-4,8-9,11-12,14,17H,5-7H2,1H3;1H3;2*1H;;/q2*-1;;;;+2/p-2. The molecule has 2 bridgehead atoms. The molecular weight excluding hydrogens is 525 g/mol. The van der Waals surface area contributed by atoms with Gasteiger partial charge in [-0.3, -0.25) is 0 Å². The van der Waals surface area contributed by atoms with Gasteiger partial charge in [-0.1, -0.05) is 37.4 Å². The Bertz CT molecular complexity index is 487. The number of hydrogen-bond donors (Lipinski definition) is 1. The quantitative estimate of drug-likeness (QED) is 0.414. The normalized spacial score (nSPS) is 25.0. The Labute approximate surface area is 186 Å². The van der Waals surface area contributed by atoms with Crippen LogP contribution in [0.15, 0.2) is 23.2 Å². The van der Waals surface area contributed by atoms with Crippen molar-refractivity contribution >= 4 is 23.2 Å². The van der Waals surface area contributed by atoms with Crippen molar-refractivity contribution in [2.24, 2.45) is 16.8 Å². The second-order valence-corrected chi connectivity index (χ2v) is 9.11. The van der Waals surface area contributed by atoms with Crippen LogP contribution in [-0.2, 0) is 20.8 Å². The molecule has 2 aliphatic carbocycles. The maximum atomic E-state index is 9.90. The summed E-state index contributed by atoms with van der Waals surface area (Å²) in [4.78, 5) is 4.64. The summed E-state index contributed by atoms with van der Waals surface area (Å²) >= 11 is -0.826. The Balaban J connectivity index is 0.000000820. The van der Waals surface area contributed by atoms with Crippen LogP contribution >= 0.6 is 17.0 Å². The zero-order valence-electron chi connectivity index (χ0n) is 13.0. The van der Waals surface area contributed by atoms with E-state index in [0.717, 1.165) is 23.0 Å². The molecule has 0 saturated heterocycles. The van der Waals surface area contributed by atoms with Crippen LogP contribution in [0.3, 0.4) is 0 Å². The molecule has 22 heavy (non-hydrogen) atoms. The predicted molar refractivity (Wildman–Crippen MR) is 87.5 cm³/mol. The average Bonchev–Trinajstić information content (AvgIpc) is 3.04. The van der Waals surface area contributed by atoms with Crippen molar-refractivity contribution in [1.82, 2.24) is 0 Å². The van der Waals surface area contributed by atoms with E-state index in [-0.39, 0.29) is 48.7 Å². The van der Waals surface area contributed by atoms with Crippen LogP contribution in [0.25, 0.3) is 0 Å². The molecule has 2 saturated carbocycles. The summed E-state index contributed by atoms with van der Waals surface area (Å²) in [6.45, 7) is 1.91. The molecule has 0 spiro atoms. The van der Waals surface area contributed by atoms with Gasteiger partial charge in [0.2, 0.25) is 0 Å². The smallest absolute Gasteiger partial charge is 0 e. The van der Waals surface area contributed by atoms with Gasteiger partial charge in [-0.15, -0.1) is 0 Å². The zero-order chi connectivity index (χ0) is 14.5. The Kier molecular flexibility index (Phi) is 12.8. The van der Waals surface area contributed by atoms with E-state index in [2.05, 4.69) is 11.4 Å². The van der Waals surface area contributed by atoms with Crippen molar-refractivity contribution in [1.29, 1.82) is 0 Å². The van der Waals surface area contributed by atoms with Gasteiger partial charge in [-0.2, -0.15) is 5.92 Å². The molecule has 119 valence electrons. The minimum atomic E-state index is -0.826. The Morgan fingerprint density at radius 2 is 2.05 bits per heavy atom. The van der Waals surface area contributed by atoms with Crippen LogP contribution in [0.1, 0.15) is 30.4 Å². The molecule has 6 heteroatoms. The second kappa shape index (κ2) is 12.0. The van der Waals surface area contributed by atoms with Gasteiger partial charge in [0.25, 0.3) is 0 Å². The Morgan fingerprint density at radius 1 is 1.36 bits per heavy atom. The summed E-state index contributed by atoms with van der Waals surface area (Å²) in [5.41, 5.74) is 1.74. The molecule has 1 aromatic rings. The van der Waals surface area contributed by atoms with Crippen molar-refractivity contribution in [2.45, 2.75) is 32.2 Å². The van der Waals surface area contributed by atoms with Crippen molar-refractivity contribution in [3.05, 3.63) is 43.2 Å². The number of fused-ring (bicyclic) bond motifs is 2. The minimum Gasteiger partial charge on any atom is 0 e. The molecule has 1 N–H and O–H groups in total. The van der Waals surface area contributed by atoms with Gasteiger partial charge < -0.3 is 23.9 Å². The molecule has 1 aromatic carbocycles. The van der Waals surface area contributed by atoms with Crippen LogP contribution in [0.5, 0.6) is 5.75 Å². The van der Waals surface area contributed by atoms with E-state index in [4.69, 9.17) is 17.0 Å². The molecule has 0 aliphatic heterocycles. The number of phenols is 1. The topological polar surface area (TPSA) is 32.6 Å². The van der Waals surface area contributed by atoms with E-state index in [1.165, 1.54) is 19.3 Å². The fourth-order valence-electron chi connectivity index (χ4n) is 3.10. The van der Waals surface area contributed by atoms with Crippen LogP contribution in [0.2, 0.25) is 0 Å². The van der Waals surface area contributed by atoms with Crippen LogP contribution in [-0.4, -0.2) is 17.4 Å². The van der Waals surface area contributed by atoms with Gasteiger partial charge >= 0.3 is 37.9 Å². The molecule has 3 unspecified atom stereocenters. The van der Waals surface area contributed by atoms with Gasteiger partial charge in [-0.05, 0) is 24.5 Å². The summed E-state index contributed by atoms with van der Waals surface area (Å²) in [5.74, 6) is 1.91. The molecule has 0 heterocycles. The maximum absolute atomic E-state index is 9.90. The third-order valence-corrected chi connectivity index (χ3v) is 4.12. The molecule has 3 atom stereocenters. The molecule has 2 fully saturated rings. The number of nitrogens with zero attached hydrogens (tertiary/aromatic N) is 1. The number of hydrogen-bond acceptors (Lipinski definition) is 2. The van der Waals surface area contributed by atoms with Gasteiger partial charge in [0.05, 0.1) is 0 Å². The first kappa shape index (κ1) is 23.5. The van der Waals surface area contributed by atoms with E-state index in [1.807, 2.05) is 31.3 Å². The summed E-state index contributed by atoms with van der Waals surface area (Å²) in [7, 11) is 9.87. The van der Waals surface area contributed by atoms with E-state index >= 15 is 0 Å². The van der Waals surface area contributed by atoms with Gasteiger partial charge in [0.1, 0.15) is 5.75 Å². The van der Waals surface area contributed by atoms with E-state index in [9.17, 15) is 5.11 Å². The van der Waals surface area contributed by atoms with Gasteiger partial charge in [0, 0.05) is 53.1 Å². The first-order chi connectivity index (χ1) is 9.65. The number of rotatable bonds is 2. The molecule has 2 aliphatic rings. The Hall–Kier alpha value is 1.52. The molecule has 0 amide bonds. The number of aliphatic imine (C=N–C) groups is 1. The van der Waals surface area contributed by atoms with Crippen LogP contribution in [0, 0.1) is 73.9 Å². The number of para-hydroxylation sites is 1. The molecule has 0 aromatic heterocycles. The molecule has 3 rings (SSSR count). The number of benzene rings is 1. The van der Waals surface area contributed by atoms with Crippen LogP contribution < -0.4 is 0 Å². The van der Waals surface area contributed by atoms with Gasteiger partial charge in [-0.25, -0.2) is 0 Å². The second-order valence-electron chi connectivity index (χ2n) is 5.38. The van der Waals surface area contributed by atoms with Gasteiger partial charge in [0.15, 0.2) is 0 Å². The van der Waals surface area contributed by atoms with Crippen molar-refractivity contribution in [3.63, 3.8) is 0 Å². The summed E-state index contributed by atoms with van der Waals surface area (Å²) < 4.78 is 0. The summed E-state index contributed by atoms with van der Waals surface area (Å²) in [6, 6.07) is 6.17. The third kappa shape index (κ3) is 6.43. The zero-order valence-corrected chi connectivity index (χ0v) is 20.6. The average molecular weight is 546 g/mol. The van der Waals surface area contributed by atoms with Crippen molar-refractivity contribution in [2.75, 3.05) is 0 Å². The predicted octanol–water partition coefficient (Wildman–Crippen LogP) is 4.95. The van der Waals surface area contributed by atoms with Crippen molar-refractivity contribution in [3.8, 4) is 5.75 Å². The maximum Gasteiger partial charge on any atom is 0 e.